The van der Waals surface area contributed by atoms with Crippen molar-refractivity contribution in [3.8, 4) is 17.2 Å². The fourth-order valence-corrected chi connectivity index (χ4v) is 8.95. The number of aliphatic hydroxyl groups is 4. The van der Waals surface area contributed by atoms with Crippen molar-refractivity contribution in [2.45, 2.75) is 151 Å². The molecular weight excluding hydrogens is 788 g/mol. The van der Waals surface area contributed by atoms with Gasteiger partial charge in [-0.1, -0.05) is 18.7 Å². The highest BCUT2D eigenvalue weighted by molar-refractivity contribution is 8.14. The largest absolute Gasteiger partial charge is 0.492 e. The number of hydrogen-bond acceptors (Lipinski definition) is 20. The third-order valence-corrected chi connectivity index (χ3v) is 12.4. The van der Waals surface area contributed by atoms with Gasteiger partial charge in [0, 0.05) is 34.2 Å². The Balaban J connectivity index is 1.21. The van der Waals surface area contributed by atoms with Crippen molar-refractivity contribution >= 4 is 16.9 Å². The zero-order valence-corrected chi connectivity index (χ0v) is 35.5. The summed E-state index contributed by atoms with van der Waals surface area (Å²) in [6, 6.07) is 0.767. The molecule has 1 aromatic rings. The molecule has 0 aliphatic carbocycles. The van der Waals surface area contributed by atoms with Gasteiger partial charge in [-0.2, -0.15) is 5.48 Å². The van der Waals surface area contributed by atoms with Crippen LogP contribution < -0.4 is 25.0 Å². The average Bonchev–Trinajstić information content (AvgIpc) is 3.19. The number of nitrogens with one attached hydrogen (secondary N) is 2. The van der Waals surface area contributed by atoms with Crippen LogP contribution in [0.5, 0.6) is 17.2 Å². The highest BCUT2D eigenvalue weighted by atomic mass is 32.2. The van der Waals surface area contributed by atoms with Crippen molar-refractivity contribution in [2.24, 2.45) is 0 Å². The first-order valence-electron chi connectivity index (χ1n) is 19.5. The van der Waals surface area contributed by atoms with E-state index < -0.39 is 96.5 Å². The zero-order chi connectivity index (χ0) is 42.4. The van der Waals surface area contributed by atoms with E-state index in [4.69, 9.17) is 56.9 Å². The summed E-state index contributed by atoms with van der Waals surface area (Å²) >= 11 is 0.881. The number of ether oxygens (including phenoxy) is 11. The molecule has 4 fully saturated rings. The van der Waals surface area contributed by atoms with Gasteiger partial charge in [0.25, 0.3) is 0 Å². The number of aryl methyl sites for hydroxylation is 1. The van der Waals surface area contributed by atoms with Gasteiger partial charge in [0.05, 0.1) is 74.2 Å². The Morgan fingerprint density at radius 1 is 0.828 bits per heavy atom. The van der Waals surface area contributed by atoms with Gasteiger partial charge in [0.15, 0.2) is 30.4 Å². The molecule has 4 aliphatic heterocycles. The van der Waals surface area contributed by atoms with Gasteiger partial charge in [-0.25, -0.2) is 0 Å². The topological polar surface area (TPSA) is 233 Å². The van der Waals surface area contributed by atoms with Crippen LogP contribution in [0.2, 0.25) is 0 Å². The van der Waals surface area contributed by atoms with Gasteiger partial charge in [-0.15, -0.1) is 0 Å². The molecule has 4 aliphatic rings. The summed E-state index contributed by atoms with van der Waals surface area (Å²) in [4.78, 5) is 19.9. The number of aliphatic hydroxyl groups excluding tert-OH is 4. The van der Waals surface area contributed by atoms with E-state index in [-0.39, 0.29) is 41.4 Å². The molecule has 0 unspecified atom stereocenters. The molecule has 0 aromatic heterocycles. The van der Waals surface area contributed by atoms with Crippen molar-refractivity contribution in [3.63, 3.8) is 0 Å². The van der Waals surface area contributed by atoms with E-state index in [1.165, 1.54) is 28.4 Å². The maximum atomic E-state index is 14.0. The van der Waals surface area contributed by atoms with Crippen LogP contribution in [0.15, 0.2) is 6.07 Å². The van der Waals surface area contributed by atoms with Gasteiger partial charge in [0.1, 0.15) is 30.5 Å². The molecule has 0 bridgehead atoms. The van der Waals surface area contributed by atoms with E-state index in [1.807, 2.05) is 6.92 Å². The lowest BCUT2D eigenvalue weighted by Crippen LogP contribution is -2.64. The predicted molar refractivity (Wildman–Crippen MR) is 206 cm³/mol. The third-order valence-electron chi connectivity index (χ3n) is 11.0. The van der Waals surface area contributed by atoms with Crippen LogP contribution in [-0.2, 0) is 42.7 Å². The fraction of sp³-hybridized carbons (Fsp3) is 0.816. The van der Waals surface area contributed by atoms with E-state index in [1.54, 1.807) is 40.9 Å². The predicted octanol–water partition coefficient (Wildman–Crippen LogP) is 0.377. The lowest BCUT2D eigenvalue weighted by Gasteiger charge is -2.45. The number of rotatable bonds is 16. The minimum atomic E-state index is -1.34. The van der Waals surface area contributed by atoms with Crippen molar-refractivity contribution in [1.29, 1.82) is 0 Å². The first kappa shape index (κ1) is 47.1. The van der Waals surface area contributed by atoms with Crippen molar-refractivity contribution in [1.82, 2.24) is 10.8 Å². The summed E-state index contributed by atoms with van der Waals surface area (Å²) in [5, 5.41) is 46.3. The maximum absolute atomic E-state index is 14.0. The number of hydroxylamine groups is 1. The lowest BCUT2D eigenvalue weighted by atomic mass is 9.97. The number of methoxy groups -OCH3 is 5. The summed E-state index contributed by atoms with van der Waals surface area (Å²) in [7, 11) is 7.22. The molecule has 58 heavy (non-hydrogen) atoms. The maximum Gasteiger partial charge on any atom is 0.229 e. The number of likely N-dealkylation sites (N-methyl/N-ethyl adjacent to an activating group) is 1. The molecule has 332 valence electrons. The SMILES string of the molecule is CCN[C@H]1CO[C@@H](O[C@H]2[C@H](OC)O[C@H](C)[C@@H](NO[C@H]3C[C@H](O)[C@H](SC(=O)c4c(C)cc(O[C@@H]5O[C@@H](C)[C@H](O)[C@@H](OC)[C@H]5O)c(OC)c4OC)[C@@H](C)O3)[C@@H]2O)C[C@@H]1OC. The van der Waals surface area contributed by atoms with Crippen LogP contribution in [-0.4, -0.2) is 178 Å². The molecule has 4 saturated heterocycles. The van der Waals surface area contributed by atoms with Crippen molar-refractivity contribution < 1.29 is 82.2 Å². The van der Waals surface area contributed by atoms with E-state index in [9.17, 15) is 25.2 Å². The summed E-state index contributed by atoms with van der Waals surface area (Å²) in [6.45, 7) is 9.91. The average molecular weight is 851 g/mol. The quantitative estimate of drug-likeness (QED) is 0.123. The Kier molecular flexibility index (Phi) is 17.2. The standard InChI is InChI=1S/C38H62N2O17S/c1-11-39-20-15-51-24(14-22(20)46-6)56-34-29(43)27(17(3)53-38(34)50-10)40-57-25-13-21(41)35(19(5)52-25)58-36(45)26-16(2)12-23(31(47-7)32(26)48-8)55-37-30(44)33(49-9)28(42)18(4)54-37/h12,17-22,24-25,27-30,33-35,37-44H,11,13-15H2,1-10H3/t17-,18+,19-,20+,21+,22+,24+,25+,27-,28+,29+,30-,33-,34-,35-,37+,38-/m1/s1. The summed E-state index contributed by atoms with van der Waals surface area (Å²) in [5.74, 6) is 0.276. The molecule has 0 saturated carbocycles. The third kappa shape index (κ3) is 10.4. The van der Waals surface area contributed by atoms with Crippen LogP contribution in [0, 0.1) is 6.92 Å². The molecule has 17 atom stereocenters. The number of benzene rings is 1. The van der Waals surface area contributed by atoms with Crippen LogP contribution in [0.25, 0.3) is 0 Å². The second-order valence-corrected chi connectivity index (χ2v) is 16.0. The Hall–Kier alpha value is -1.96. The minimum absolute atomic E-state index is 0.000551. The molecule has 19 nitrogen and oxygen atoms in total. The summed E-state index contributed by atoms with van der Waals surface area (Å²) in [5.41, 5.74) is 3.51. The smallest absolute Gasteiger partial charge is 0.229 e. The second kappa shape index (κ2) is 21.2. The van der Waals surface area contributed by atoms with Gasteiger partial charge in [-0.05, 0) is 45.9 Å². The van der Waals surface area contributed by atoms with Crippen LogP contribution in [0.1, 0.15) is 56.5 Å². The first-order chi connectivity index (χ1) is 27.7. The first-order valence-corrected chi connectivity index (χ1v) is 20.4. The van der Waals surface area contributed by atoms with E-state index in [2.05, 4.69) is 10.8 Å². The minimum Gasteiger partial charge on any atom is -0.492 e. The molecule has 6 N–H and O–H groups in total. The van der Waals surface area contributed by atoms with Gasteiger partial charge in [-0.3, -0.25) is 9.63 Å². The number of carbonyl (C=O) groups excluding carboxylic acids is 1. The molecule has 1 aromatic carbocycles. The summed E-state index contributed by atoms with van der Waals surface area (Å²) < 4.78 is 63.8. The van der Waals surface area contributed by atoms with E-state index in [0.717, 1.165) is 18.3 Å². The Morgan fingerprint density at radius 2 is 1.53 bits per heavy atom. The Morgan fingerprint density at radius 3 is 2.16 bits per heavy atom. The van der Waals surface area contributed by atoms with Crippen LogP contribution in [0.4, 0.5) is 0 Å². The highest BCUT2D eigenvalue weighted by Gasteiger charge is 2.49. The fourth-order valence-electron chi connectivity index (χ4n) is 7.81. The monoisotopic (exact) mass is 850 g/mol. The summed E-state index contributed by atoms with van der Waals surface area (Å²) in [6.07, 6.45) is -12.0. The molecule has 4 heterocycles. The Bertz CT molecular complexity index is 1470. The van der Waals surface area contributed by atoms with Gasteiger partial charge in [0.2, 0.25) is 17.2 Å². The number of hydrogen-bond donors (Lipinski definition) is 6. The van der Waals surface area contributed by atoms with Crippen LogP contribution >= 0.6 is 11.8 Å². The molecule has 5 rings (SSSR count). The molecule has 0 amide bonds. The number of carbonyl (C=O) groups is 1. The molecule has 0 spiro atoms. The number of thioether (sulfide) groups is 1. The van der Waals surface area contributed by atoms with Gasteiger partial charge >= 0.3 is 0 Å². The second-order valence-electron chi connectivity index (χ2n) is 14.8. The lowest BCUT2D eigenvalue weighted by molar-refractivity contribution is -0.330. The van der Waals surface area contributed by atoms with Crippen LogP contribution in [0.3, 0.4) is 0 Å². The van der Waals surface area contributed by atoms with E-state index in [0.29, 0.717) is 18.6 Å². The van der Waals surface area contributed by atoms with Crippen molar-refractivity contribution in [2.75, 3.05) is 48.7 Å². The zero-order valence-electron chi connectivity index (χ0n) is 34.7. The van der Waals surface area contributed by atoms with Crippen molar-refractivity contribution in [3.05, 3.63) is 17.2 Å². The highest BCUT2D eigenvalue weighted by Crippen LogP contribution is 2.45. The van der Waals surface area contributed by atoms with E-state index >= 15 is 0 Å². The molecule has 0 radical (unpaired) electrons. The van der Waals surface area contributed by atoms with Gasteiger partial charge < -0.3 is 77.8 Å². The normalized spacial score (nSPS) is 39.6. The molecule has 20 heteroatoms. The molecular formula is C38H62N2O17S. The Labute approximate surface area is 343 Å².